The van der Waals surface area contributed by atoms with Crippen LogP contribution >= 0.6 is 0 Å². The number of halogens is 3. The van der Waals surface area contributed by atoms with Gasteiger partial charge in [0.25, 0.3) is 10.0 Å². The minimum Gasteiger partial charge on any atom is -0.399 e. The Labute approximate surface area is 83.9 Å². The molecular weight excluding hydrogens is 233 g/mol. The summed E-state index contributed by atoms with van der Waals surface area (Å²) < 4.78 is 59.6. The second-order valence-corrected chi connectivity index (χ2v) is 4.30. The van der Waals surface area contributed by atoms with Gasteiger partial charge in [0.1, 0.15) is 5.82 Å². The summed E-state index contributed by atoms with van der Waals surface area (Å²) in [6.07, 6.45) is 0. The first-order valence-corrected chi connectivity index (χ1v) is 5.22. The summed E-state index contributed by atoms with van der Waals surface area (Å²) in [6.45, 7) is 0. The highest BCUT2D eigenvalue weighted by atomic mass is 32.2. The molecule has 0 unspecified atom stereocenters. The van der Waals surface area contributed by atoms with Crippen LogP contribution in [0.15, 0.2) is 18.2 Å². The molecule has 0 spiro atoms. The van der Waals surface area contributed by atoms with Gasteiger partial charge in [-0.15, -0.1) is 0 Å². The third-order valence-corrected chi connectivity index (χ3v) is 2.45. The maximum Gasteiger partial charge on any atom is 0.355 e. The quantitative estimate of drug-likeness (QED) is 0.784. The van der Waals surface area contributed by atoms with Crippen LogP contribution in [0.5, 0.6) is 0 Å². The summed E-state index contributed by atoms with van der Waals surface area (Å²) in [4.78, 5) is 0. The number of anilines is 2. The lowest BCUT2D eigenvalue weighted by molar-refractivity contribution is 0.236. The molecule has 0 heterocycles. The molecule has 1 rings (SSSR count). The lowest BCUT2D eigenvalue weighted by Gasteiger charge is -2.07. The van der Waals surface area contributed by atoms with E-state index in [9.17, 15) is 21.6 Å². The van der Waals surface area contributed by atoms with Crippen LogP contribution in [0.4, 0.5) is 24.5 Å². The van der Waals surface area contributed by atoms with E-state index in [2.05, 4.69) is 0 Å². The lowest BCUT2D eigenvalue weighted by atomic mass is 10.3. The molecule has 0 saturated heterocycles. The van der Waals surface area contributed by atoms with Gasteiger partial charge in [0, 0.05) is 5.69 Å². The van der Waals surface area contributed by atoms with Gasteiger partial charge in [0.15, 0.2) is 0 Å². The number of benzene rings is 1. The smallest absolute Gasteiger partial charge is 0.355 e. The first-order chi connectivity index (χ1) is 6.83. The zero-order valence-corrected chi connectivity index (χ0v) is 8.06. The van der Waals surface area contributed by atoms with E-state index in [0.717, 1.165) is 12.1 Å². The zero-order valence-electron chi connectivity index (χ0n) is 7.25. The highest BCUT2D eigenvalue weighted by Crippen LogP contribution is 2.19. The van der Waals surface area contributed by atoms with Gasteiger partial charge < -0.3 is 5.73 Å². The molecule has 1 aromatic carbocycles. The molecule has 0 aliphatic rings. The van der Waals surface area contributed by atoms with Crippen LogP contribution < -0.4 is 10.5 Å². The number of nitrogens with two attached hydrogens (primary N) is 1. The molecule has 1 aromatic rings. The Kier molecular flexibility index (Phi) is 3.08. The van der Waals surface area contributed by atoms with Gasteiger partial charge in [-0.05, 0) is 18.2 Å². The molecule has 15 heavy (non-hydrogen) atoms. The molecule has 4 nitrogen and oxygen atoms in total. The maximum absolute atomic E-state index is 13.0. The molecule has 0 fully saturated rings. The van der Waals surface area contributed by atoms with Crippen molar-refractivity contribution in [1.29, 1.82) is 0 Å². The molecule has 0 radical (unpaired) electrons. The summed E-state index contributed by atoms with van der Waals surface area (Å²) >= 11 is 0. The molecule has 0 amide bonds. The highest BCUT2D eigenvalue weighted by molar-refractivity contribution is 7.93. The summed E-state index contributed by atoms with van der Waals surface area (Å²) in [5.41, 5.74) is 4.68. The van der Waals surface area contributed by atoms with Crippen molar-refractivity contribution in [2.45, 2.75) is 5.76 Å². The van der Waals surface area contributed by atoms with Crippen LogP contribution in [0.25, 0.3) is 0 Å². The SMILES string of the molecule is Nc1ccc(NS(=O)(=O)C(F)F)c(F)c1. The predicted octanol–water partition coefficient (Wildman–Crippen LogP) is 1.37. The third kappa shape index (κ3) is 2.75. The van der Waals surface area contributed by atoms with Crippen molar-refractivity contribution < 1.29 is 21.6 Å². The first kappa shape index (κ1) is 11.6. The van der Waals surface area contributed by atoms with E-state index >= 15 is 0 Å². The van der Waals surface area contributed by atoms with E-state index in [0.29, 0.717) is 0 Å². The normalized spacial score (nSPS) is 11.7. The van der Waals surface area contributed by atoms with Crippen molar-refractivity contribution in [2.24, 2.45) is 0 Å². The van der Waals surface area contributed by atoms with E-state index in [1.807, 2.05) is 0 Å². The van der Waals surface area contributed by atoms with E-state index in [-0.39, 0.29) is 5.69 Å². The summed E-state index contributed by atoms with van der Waals surface area (Å²) in [5, 5.41) is 0. The van der Waals surface area contributed by atoms with E-state index in [1.165, 1.54) is 10.8 Å². The van der Waals surface area contributed by atoms with Crippen molar-refractivity contribution in [2.75, 3.05) is 10.5 Å². The summed E-state index contributed by atoms with van der Waals surface area (Å²) in [6, 6.07) is 2.97. The van der Waals surface area contributed by atoms with Crippen molar-refractivity contribution in [3.05, 3.63) is 24.0 Å². The molecule has 84 valence electrons. The van der Waals surface area contributed by atoms with Gasteiger partial charge in [-0.1, -0.05) is 0 Å². The Morgan fingerprint density at radius 3 is 2.40 bits per heavy atom. The molecule has 0 atom stereocenters. The monoisotopic (exact) mass is 240 g/mol. The van der Waals surface area contributed by atoms with Crippen LogP contribution in [-0.4, -0.2) is 14.2 Å². The van der Waals surface area contributed by atoms with Crippen LogP contribution in [-0.2, 0) is 10.0 Å². The van der Waals surface area contributed by atoms with Crippen molar-refractivity contribution in [3.8, 4) is 0 Å². The van der Waals surface area contributed by atoms with Crippen LogP contribution in [0, 0.1) is 5.82 Å². The fourth-order valence-corrected chi connectivity index (χ4v) is 1.37. The van der Waals surface area contributed by atoms with Crippen LogP contribution in [0.1, 0.15) is 0 Å². The largest absolute Gasteiger partial charge is 0.399 e. The van der Waals surface area contributed by atoms with E-state index in [4.69, 9.17) is 5.73 Å². The molecule has 0 bridgehead atoms. The minimum atomic E-state index is -4.85. The fourth-order valence-electron chi connectivity index (χ4n) is 0.812. The number of hydrogen-bond acceptors (Lipinski definition) is 3. The Bertz CT molecular complexity index is 461. The molecule has 0 aliphatic carbocycles. The number of nitrogens with one attached hydrogen (secondary N) is 1. The topological polar surface area (TPSA) is 72.2 Å². The van der Waals surface area contributed by atoms with Gasteiger partial charge in [0.05, 0.1) is 5.69 Å². The van der Waals surface area contributed by atoms with Gasteiger partial charge in [-0.3, -0.25) is 4.72 Å². The Morgan fingerprint density at radius 2 is 1.93 bits per heavy atom. The number of hydrogen-bond donors (Lipinski definition) is 2. The van der Waals surface area contributed by atoms with Crippen LogP contribution in [0.3, 0.4) is 0 Å². The minimum absolute atomic E-state index is 0.0625. The third-order valence-electron chi connectivity index (χ3n) is 1.48. The zero-order chi connectivity index (χ0) is 11.6. The summed E-state index contributed by atoms with van der Waals surface area (Å²) in [5.74, 6) is -4.63. The van der Waals surface area contributed by atoms with Crippen molar-refractivity contribution in [1.82, 2.24) is 0 Å². The average Bonchev–Trinajstić information content (AvgIpc) is 2.09. The Morgan fingerprint density at radius 1 is 1.33 bits per heavy atom. The van der Waals surface area contributed by atoms with Gasteiger partial charge in [0.2, 0.25) is 0 Å². The number of sulfonamides is 1. The van der Waals surface area contributed by atoms with Gasteiger partial charge in [-0.25, -0.2) is 12.8 Å². The fraction of sp³-hybridized carbons (Fsp3) is 0.143. The van der Waals surface area contributed by atoms with Crippen molar-refractivity contribution >= 4 is 21.4 Å². The Balaban J connectivity index is 3.01. The predicted molar refractivity (Wildman–Crippen MR) is 49.4 cm³/mol. The molecule has 0 aliphatic heterocycles. The second-order valence-electron chi connectivity index (χ2n) is 2.65. The average molecular weight is 240 g/mol. The standard InChI is InChI=1S/C7H7F3N2O2S/c8-5-3-4(11)1-2-6(5)12-15(13,14)7(9)10/h1-3,7,12H,11H2. The number of alkyl halides is 2. The Hall–Kier alpha value is -1.44. The first-order valence-electron chi connectivity index (χ1n) is 3.68. The molecule has 3 N–H and O–H groups in total. The van der Waals surface area contributed by atoms with Crippen LogP contribution in [0.2, 0.25) is 0 Å². The molecule has 0 saturated carbocycles. The van der Waals surface area contributed by atoms with E-state index in [1.54, 1.807) is 0 Å². The second kappa shape index (κ2) is 3.97. The lowest BCUT2D eigenvalue weighted by Crippen LogP contribution is -2.21. The molecule has 0 aromatic heterocycles. The van der Waals surface area contributed by atoms with Gasteiger partial charge in [-0.2, -0.15) is 8.78 Å². The number of rotatable bonds is 3. The molecular formula is C7H7F3N2O2S. The number of nitrogen functional groups attached to an aromatic ring is 1. The van der Waals surface area contributed by atoms with Gasteiger partial charge >= 0.3 is 5.76 Å². The van der Waals surface area contributed by atoms with E-state index < -0.39 is 27.3 Å². The van der Waals surface area contributed by atoms with Crippen molar-refractivity contribution in [3.63, 3.8) is 0 Å². The highest BCUT2D eigenvalue weighted by Gasteiger charge is 2.24. The maximum atomic E-state index is 13.0. The summed E-state index contributed by atoms with van der Waals surface area (Å²) in [7, 11) is -4.85. The molecule has 8 heteroatoms.